The average molecular weight is 228 g/mol. The van der Waals surface area contributed by atoms with E-state index in [2.05, 4.69) is 27.7 Å². The summed E-state index contributed by atoms with van der Waals surface area (Å²) in [5.41, 5.74) is 0. The van der Waals surface area contributed by atoms with Gasteiger partial charge in [0.1, 0.15) is 11.6 Å². The average Bonchev–Trinajstić information content (AvgIpc) is 2.01. The number of Topliss-reactive ketones (excluding diaryl/α,β-unsaturated/α-hetero) is 2. The maximum absolute atomic E-state index is 11.0. The Morgan fingerprint density at radius 3 is 0.938 bits per heavy atom. The van der Waals surface area contributed by atoms with E-state index in [4.69, 9.17) is 0 Å². The predicted molar refractivity (Wildman–Crippen MR) is 69.4 cm³/mol. The van der Waals surface area contributed by atoms with Crippen molar-refractivity contribution >= 4 is 11.6 Å². The fourth-order valence-corrected chi connectivity index (χ4v) is 1.71. The Morgan fingerprint density at radius 1 is 0.688 bits per heavy atom. The molecule has 0 aliphatic rings. The zero-order valence-electron chi connectivity index (χ0n) is 12.1. The second-order valence-electron chi connectivity index (χ2n) is 5.39. The van der Waals surface area contributed by atoms with Crippen LogP contribution in [0.2, 0.25) is 0 Å². The standard InChI is InChI=1S/C9H18O.C5H10O/c1-6(2)9(7(3)4)8(5)10;1-4(2)5(3)6/h6-7,9H,1-5H3;4H,1-3H3. The van der Waals surface area contributed by atoms with Gasteiger partial charge in [-0.2, -0.15) is 0 Å². The van der Waals surface area contributed by atoms with E-state index < -0.39 is 0 Å². The molecule has 16 heavy (non-hydrogen) atoms. The second-order valence-corrected chi connectivity index (χ2v) is 5.39. The predicted octanol–water partition coefficient (Wildman–Crippen LogP) is 3.74. The molecule has 0 spiro atoms. The number of hydrogen-bond donors (Lipinski definition) is 0. The minimum Gasteiger partial charge on any atom is -0.300 e. The first-order valence-corrected chi connectivity index (χ1v) is 6.12. The Morgan fingerprint density at radius 2 is 0.938 bits per heavy atom. The third-order valence-corrected chi connectivity index (χ3v) is 2.72. The van der Waals surface area contributed by atoms with E-state index in [9.17, 15) is 9.59 Å². The molecule has 0 N–H and O–H groups in total. The normalized spacial score (nSPS) is 10.8. The molecule has 2 nitrogen and oxygen atoms in total. The smallest absolute Gasteiger partial charge is 0.133 e. The first-order chi connectivity index (χ1) is 7.11. The summed E-state index contributed by atoms with van der Waals surface area (Å²) in [6.07, 6.45) is 0. The molecule has 0 fully saturated rings. The highest BCUT2D eigenvalue weighted by Gasteiger charge is 2.21. The Bertz CT molecular complexity index is 207. The molecule has 96 valence electrons. The van der Waals surface area contributed by atoms with Gasteiger partial charge < -0.3 is 0 Å². The van der Waals surface area contributed by atoms with Gasteiger partial charge in [0.2, 0.25) is 0 Å². The molecular formula is C14H28O2. The largest absolute Gasteiger partial charge is 0.300 e. The molecule has 0 radical (unpaired) electrons. The molecule has 0 saturated heterocycles. The molecule has 0 heterocycles. The minimum atomic E-state index is 0.213. The molecule has 0 bridgehead atoms. The number of carbonyl (C=O) groups excluding carboxylic acids is 2. The highest BCUT2D eigenvalue weighted by Crippen LogP contribution is 2.20. The van der Waals surface area contributed by atoms with Crippen molar-refractivity contribution in [1.29, 1.82) is 0 Å². The van der Waals surface area contributed by atoms with Crippen molar-refractivity contribution in [2.75, 3.05) is 0 Å². The summed E-state index contributed by atoms with van der Waals surface area (Å²) in [4.78, 5) is 21.2. The monoisotopic (exact) mass is 228 g/mol. The van der Waals surface area contributed by atoms with Crippen molar-refractivity contribution in [3.05, 3.63) is 0 Å². The maximum atomic E-state index is 11.0. The van der Waals surface area contributed by atoms with Gasteiger partial charge in [0.05, 0.1) is 0 Å². The third-order valence-electron chi connectivity index (χ3n) is 2.72. The van der Waals surface area contributed by atoms with Gasteiger partial charge in [-0.05, 0) is 25.7 Å². The van der Waals surface area contributed by atoms with Crippen molar-refractivity contribution < 1.29 is 9.59 Å². The van der Waals surface area contributed by atoms with Crippen molar-refractivity contribution in [1.82, 2.24) is 0 Å². The number of carbonyl (C=O) groups is 2. The molecule has 0 aromatic carbocycles. The van der Waals surface area contributed by atoms with Crippen molar-refractivity contribution in [2.24, 2.45) is 23.7 Å². The van der Waals surface area contributed by atoms with Crippen LogP contribution in [0.3, 0.4) is 0 Å². The van der Waals surface area contributed by atoms with E-state index in [1.54, 1.807) is 13.8 Å². The van der Waals surface area contributed by atoms with E-state index in [0.717, 1.165) is 0 Å². The summed E-state index contributed by atoms with van der Waals surface area (Å²) < 4.78 is 0. The lowest BCUT2D eigenvalue weighted by Gasteiger charge is -2.21. The van der Waals surface area contributed by atoms with Crippen LogP contribution in [-0.2, 0) is 9.59 Å². The van der Waals surface area contributed by atoms with Crippen LogP contribution in [0.15, 0.2) is 0 Å². The topological polar surface area (TPSA) is 34.1 Å². The molecule has 0 saturated carbocycles. The van der Waals surface area contributed by atoms with Crippen LogP contribution in [0.5, 0.6) is 0 Å². The van der Waals surface area contributed by atoms with E-state index >= 15 is 0 Å². The lowest BCUT2D eigenvalue weighted by molar-refractivity contribution is -0.123. The van der Waals surface area contributed by atoms with Gasteiger partial charge in [-0.1, -0.05) is 41.5 Å². The molecule has 2 heteroatoms. The van der Waals surface area contributed by atoms with E-state index in [1.807, 2.05) is 13.8 Å². The van der Waals surface area contributed by atoms with Crippen LogP contribution in [0, 0.1) is 23.7 Å². The van der Waals surface area contributed by atoms with Crippen LogP contribution in [0.25, 0.3) is 0 Å². The summed E-state index contributed by atoms with van der Waals surface area (Å²) in [7, 11) is 0. The van der Waals surface area contributed by atoms with Crippen LogP contribution < -0.4 is 0 Å². The molecule has 0 amide bonds. The highest BCUT2D eigenvalue weighted by atomic mass is 16.1. The third kappa shape index (κ3) is 8.63. The van der Waals surface area contributed by atoms with E-state index in [-0.39, 0.29) is 17.6 Å². The number of hydrogen-bond acceptors (Lipinski definition) is 2. The molecule has 0 unspecified atom stereocenters. The Labute approximate surface area is 101 Å². The highest BCUT2D eigenvalue weighted by molar-refractivity contribution is 5.78. The van der Waals surface area contributed by atoms with Gasteiger partial charge in [-0.15, -0.1) is 0 Å². The molecule has 0 aromatic rings. The van der Waals surface area contributed by atoms with Gasteiger partial charge in [0.25, 0.3) is 0 Å². The van der Waals surface area contributed by atoms with Crippen molar-refractivity contribution in [2.45, 2.75) is 55.4 Å². The van der Waals surface area contributed by atoms with Crippen LogP contribution in [0.4, 0.5) is 0 Å². The summed E-state index contributed by atoms with van der Waals surface area (Å²) in [5.74, 6) is 2.01. The van der Waals surface area contributed by atoms with Crippen LogP contribution in [-0.4, -0.2) is 11.6 Å². The van der Waals surface area contributed by atoms with Gasteiger partial charge >= 0.3 is 0 Å². The quantitative estimate of drug-likeness (QED) is 0.734. The summed E-state index contributed by atoms with van der Waals surface area (Å²) in [6, 6.07) is 0. The van der Waals surface area contributed by atoms with Crippen LogP contribution >= 0.6 is 0 Å². The number of rotatable bonds is 4. The summed E-state index contributed by atoms with van der Waals surface area (Å²) in [5, 5.41) is 0. The Kier molecular flexibility index (Phi) is 9.40. The Hall–Kier alpha value is -0.660. The molecule has 0 rings (SSSR count). The number of ketones is 2. The molecule has 0 aliphatic carbocycles. The summed E-state index contributed by atoms with van der Waals surface area (Å²) >= 11 is 0. The van der Waals surface area contributed by atoms with Crippen LogP contribution in [0.1, 0.15) is 55.4 Å². The Balaban J connectivity index is 0. The lowest BCUT2D eigenvalue weighted by Crippen LogP contribution is -2.22. The first kappa shape index (κ1) is 17.7. The minimum absolute atomic E-state index is 0.213. The van der Waals surface area contributed by atoms with Gasteiger partial charge in [0.15, 0.2) is 0 Å². The van der Waals surface area contributed by atoms with Crippen molar-refractivity contribution in [3.8, 4) is 0 Å². The fourth-order valence-electron chi connectivity index (χ4n) is 1.71. The van der Waals surface area contributed by atoms with Gasteiger partial charge in [0, 0.05) is 11.8 Å². The molecule has 0 aromatic heterocycles. The molecular weight excluding hydrogens is 200 g/mol. The molecule has 0 aliphatic heterocycles. The zero-order valence-corrected chi connectivity index (χ0v) is 12.1. The zero-order chi connectivity index (χ0) is 13.5. The summed E-state index contributed by atoms with van der Waals surface area (Å²) in [6.45, 7) is 15.5. The lowest BCUT2D eigenvalue weighted by atomic mass is 9.83. The van der Waals surface area contributed by atoms with Crippen molar-refractivity contribution in [3.63, 3.8) is 0 Å². The SMILES string of the molecule is CC(=O)C(C(C)C)C(C)C.CC(=O)C(C)C. The van der Waals surface area contributed by atoms with E-state index in [1.165, 1.54) is 0 Å². The molecule has 0 atom stereocenters. The van der Waals surface area contributed by atoms with Gasteiger partial charge in [-0.25, -0.2) is 0 Å². The van der Waals surface area contributed by atoms with E-state index in [0.29, 0.717) is 17.6 Å². The maximum Gasteiger partial charge on any atom is 0.133 e. The van der Waals surface area contributed by atoms with Gasteiger partial charge in [-0.3, -0.25) is 9.59 Å². The second kappa shape index (κ2) is 8.49. The fraction of sp³-hybridized carbons (Fsp3) is 0.857. The first-order valence-electron chi connectivity index (χ1n) is 6.12.